The number of hydrogen-bond donors (Lipinski definition) is 1. The molecule has 3 aliphatic heterocycles. The van der Waals surface area contributed by atoms with Gasteiger partial charge in [-0.1, -0.05) is 26.0 Å². The van der Waals surface area contributed by atoms with E-state index < -0.39 is 35.1 Å². The van der Waals surface area contributed by atoms with Crippen LogP contribution >= 0.6 is 0 Å². The molecule has 0 aromatic heterocycles. The van der Waals surface area contributed by atoms with Crippen LogP contribution in [0.5, 0.6) is 5.75 Å². The molecule has 6 atom stereocenters. The van der Waals surface area contributed by atoms with E-state index in [4.69, 9.17) is 9.47 Å². The number of ether oxygens (including phenoxy) is 2. The lowest BCUT2D eigenvalue weighted by molar-refractivity contribution is -0.148. The van der Waals surface area contributed by atoms with Crippen LogP contribution < -0.4 is 19.4 Å². The van der Waals surface area contributed by atoms with E-state index >= 15 is 4.79 Å². The van der Waals surface area contributed by atoms with Crippen LogP contribution in [0.15, 0.2) is 73.8 Å². The SMILES string of the molecule is C=CCN(C(=O)C1N([C@@H](CO)CC(C)C)C(=O)[C@@H]2[C@@H](C(=O)N(CC=C)c3ccc(OCC)cc3)[C@@]3(C)CCC12O3)c1ccc(N(CC)CC)cc1. The topological polar surface area (TPSA) is 103 Å². The van der Waals surface area contributed by atoms with E-state index in [1.54, 1.807) is 26.9 Å². The highest BCUT2D eigenvalue weighted by atomic mass is 16.5. The lowest BCUT2D eigenvalue weighted by Gasteiger charge is -2.40. The van der Waals surface area contributed by atoms with Crippen molar-refractivity contribution < 1.29 is 29.0 Å². The van der Waals surface area contributed by atoms with E-state index in [-0.39, 0.29) is 43.3 Å². The highest BCUT2D eigenvalue weighted by Gasteiger charge is 2.79. The minimum absolute atomic E-state index is 0.135. The van der Waals surface area contributed by atoms with Gasteiger partial charge in [0.2, 0.25) is 11.8 Å². The second kappa shape index (κ2) is 15.6. The number of hydrogen-bond acceptors (Lipinski definition) is 7. The maximum Gasteiger partial charge on any atom is 0.253 e. The smallest absolute Gasteiger partial charge is 0.253 e. The third kappa shape index (κ3) is 6.80. The number of aliphatic hydroxyl groups excluding tert-OH is 1. The number of anilines is 3. The predicted molar refractivity (Wildman–Crippen MR) is 202 cm³/mol. The molecule has 10 nitrogen and oxygen atoms in total. The number of carbonyl (C=O) groups excluding carboxylic acids is 3. The fourth-order valence-electron chi connectivity index (χ4n) is 8.77. The molecule has 51 heavy (non-hydrogen) atoms. The predicted octanol–water partition coefficient (Wildman–Crippen LogP) is 5.84. The van der Waals surface area contributed by atoms with Gasteiger partial charge in [-0.15, -0.1) is 13.2 Å². The van der Waals surface area contributed by atoms with Crippen LogP contribution in [0.4, 0.5) is 17.1 Å². The number of carbonyl (C=O) groups is 3. The van der Waals surface area contributed by atoms with Gasteiger partial charge in [0, 0.05) is 43.2 Å². The zero-order valence-electron chi connectivity index (χ0n) is 31.2. The van der Waals surface area contributed by atoms with Gasteiger partial charge in [0.25, 0.3) is 5.91 Å². The number of likely N-dealkylation sites (tertiary alicyclic amines) is 1. The normalized spacial score (nSPS) is 25.5. The number of benzene rings is 2. The van der Waals surface area contributed by atoms with Crippen molar-refractivity contribution in [3.63, 3.8) is 0 Å². The van der Waals surface area contributed by atoms with Crippen molar-refractivity contribution in [3.05, 3.63) is 73.8 Å². The third-order valence-corrected chi connectivity index (χ3v) is 11.0. The van der Waals surface area contributed by atoms with Crippen LogP contribution in [-0.4, -0.2) is 90.4 Å². The monoisotopic (exact) mass is 700 g/mol. The summed E-state index contributed by atoms with van der Waals surface area (Å²) in [6, 6.07) is 13.5. The lowest BCUT2D eigenvalue weighted by atomic mass is 9.66. The Hall–Kier alpha value is -4.15. The summed E-state index contributed by atoms with van der Waals surface area (Å²) in [7, 11) is 0. The van der Waals surface area contributed by atoms with Crippen molar-refractivity contribution in [2.24, 2.45) is 17.8 Å². The van der Waals surface area contributed by atoms with E-state index in [9.17, 15) is 14.7 Å². The third-order valence-electron chi connectivity index (χ3n) is 11.0. The summed E-state index contributed by atoms with van der Waals surface area (Å²) in [4.78, 5) is 52.1. The molecule has 1 spiro atoms. The summed E-state index contributed by atoms with van der Waals surface area (Å²) >= 11 is 0. The van der Waals surface area contributed by atoms with Gasteiger partial charge in [-0.3, -0.25) is 14.4 Å². The lowest BCUT2D eigenvalue weighted by Crippen LogP contribution is -2.59. The average molecular weight is 701 g/mol. The van der Waals surface area contributed by atoms with E-state index in [2.05, 4.69) is 31.9 Å². The van der Waals surface area contributed by atoms with Crippen molar-refractivity contribution in [3.8, 4) is 5.75 Å². The first kappa shape index (κ1) is 38.1. The summed E-state index contributed by atoms with van der Waals surface area (Å²) in [6.45, 7) is 22.3. The molecule has 2 unspecified atom stereocenters. The first-order valence-corrected chi connectivity index (χ1v) is 18.5. The molecule has 5 rings (SSSR count). The molecule has 2 bridgehead atoms. The Balaban J connectivity index is 1.59. The molecule has 0 aliphatic carbocycles. The highest BCUT2D eigenvalue weighted by Crippen LogP contribution is 2.64. The summed E-state index contributed by atoms with van der Waals surface area (Å²) in [5.41, 5.74) is 0.136. The van der Waals surface area contributed by atoms with Crippen molar-refractivity contribution in [1.82, 2.24) is 4.90 Å². The molecule has 0 saturated carbocycles. The van der Waals surface area contributed by atoms with Crippen molar-refractivity contribution in [2.45, 2.75) is 84.1 Å². The molecular formula is C41H56N4O6. The quantitative estimate of drug-likeness (QED) is 0.207. The van der Waals surface area contributed by atoms with Gasteiger partial charge in [-0.2, -0.15) is 0 Å². The Bertz CT molecular complexity index is 1570. The van der Waals surface area contributed by atoms with Crippen LogP contribution in [0.2, 0.25) is 0 Å². The zero-order chi connectivity index (χ0) is 37.1. The Morgan fingerprint density at radius 3 is 2.00 bits per heavy atom. The molecule has 3 saturated heterocycles. The standard InChI is InChI=1S/C41H56N4O6/c1-9-24-43(31-18-20-33(21-19-31)50-13-5)37(47)34-35-38(48)45(32(27-46)26-28(6)7)36(41(35)23-22-40(34,8)51-41)39(49)44(25-10-2)30-16-14-29(15-17-30)42(11-3)12-4/h9-10,14-21,28,32,34-36,46H,1-2,11-13,22-27H2,3-8H3/t32-,34+,35+,36?,40-,41?/m1/s1. The molecule has 1 N–H and O–H groups in total. The fraction of sp³-hybridized carbons (Fsp3) is 0.537. The van der Waals surface area contributed by atoms with Gasteiger partial charge in [-0.25, -0.2) is 0 Å². The Labute approximate surface area is 303 Å². The van der Waals surface area contributed by atoms with E-state index in [1.165, 1.54) is 0 Å². The van der Waals surface area contributed by atoms with Gasteiger partial charge >= 0.3 is 0 Å². The largest absolute Gasteiger partial charge is 0.494 e. The van der Waals surface area contributed by atoms with Gasteiger partial charge in [0.05, 0.1) is 36.7 Å². The molecular weight excluding hydrogens is 644 g/mol. The fourth-order valence-corrected chi connectivity index (χ4v) is 8.77. The van der Waals surface area contributed by atoms with Crippen molar-refractivity contribution >= 4 is 34.8 Å². The average Bonchev–Trinajstić information content (AvgIpc) is 3.69. The molecule has 3 fully saturated rings. The van der Waals surface area contributed by atoms with Gasteiger partial charge in [0.15, 0.2) is 0 Å². The molecule has 3 aliphatic rings. The Morgan fingerprint density at radius 1 is 0.941 bits per heavy atom. The minimum Gasteiger partial charge on any atom is -0.494 e. The molecule has 2 aromatic carbocycles. The maximum atomic E-state index is 15.2. The van der Waals surface area contributed by atoms with Crippen LogP contribution in [0.3, 0.4) is 0 Å². The van der Waals surface area contributed by atoms with E-state index in [0.29, 0.717) is 43.0 Å². The number of fused-ring (bicyclic) bond motifs is 1. The second-order valence-corrected chi connectivity index (χ2v) is 14.5. The first-order valence-electron chi connectivity index (χ1n) is 18.5. The summed E-state index contributed by atoms with van der Waals surface area (Å²) < 4.78 is 12.6. The molecule has 3 heterocycles. The maximum absolute atomic E-state index is 15.2. The van der Waals surface area contributed by atoms with E-state index in [0.717, 1.165) is 18.8 Å². The molecule has 276 valence electrons. The Kier molecular flexibility index (Phi) is 11.7. The summed E-state index contributed by atoms with van der Waals surface area (Å²) in [6.07, 6.45) is 4.76. The molecule has 3 amide bonds. The first-order chi connectivity index (χ1) is 24.4. The van der Waals surface area contributed by atoms with E-state index in [1.807, 2.05) is 76.2 Å². The molecule has 0 radical (unpaired) electrons. The van der Waals surface area contributed by atoms with Gasteiger partial charge in [0.1, 0.15) is 17.4 Å². The van der Waals surface area contributed by atoms with Crippen LogP contribution in [-0.2, 0) is 19.1 Å². The number of aliphatic hydroxyl groups is 1. The number of amides is 3. The molecule has 10 heteroatoms. The molecule has 2 aromatic rings. The number of nitrogens with zero attached hydrogens (tertiary/aromatic N) is 4. The highest BCUT2D eigenvalue weighted by molar-refractivity contribution is 6.07. The van der Waals surface area contributed by atoms with Crippen LogP contribution in [0, 0.1) is 17.8 Å². The van der Waals surface area contributed by atoms with Crippen LogP contribution in [0.1, 0.15) is 60.8 Å². The summed E-state index contributed by atoms with van der Waals surface area (Å²) in [5, 5.41) is 10.8. The van der Waals surface area contributed by atoms with Crippen molar-refractivity contribution in [2.75, 3.05) is 54.1 Å². The van der Waals surface area contributed by atoms with Gasteiger partial charge in [-0.05, 0) is 101 Å². The van der Waals surface area contributed by atoms with Gasteiger partial charge < -0.3 is 34.2 Å². The zero-order valence-corrected chi connectivity index (χ0v) is 31.2. The second-order valence-electron chi connectivity index (χ2n) is 14.5. The Morgan fingerprint density at radius 2 is 1.49 bits per heavy atom. The minimum atomic E-state index is -1.26. The van der Waals surface area contributed by atoms with Crippen LogP contribution in [0.25, 0.3) is 0 Å². The summed E-state index contributed by atoms with van der Waals surface area (Å²) in [5.74, 6) is -1.83. The van der Waals surface area contributed by atoms with Crippen molar-refractivity contribution in [1.29, 1.82) is 0 Å². The number of rotatable bonds is 17.